The number of hydrogen-bond donors (Lipinski definition) is 2. The lowest BCUT2D eigenvalue weighted by molar-refractivity contribution is -0.132. The van der Waals surface area contributed by atoms with Gasteiger partial charge in [0.05, 0.1) is 12.6 Å². The maximum Gasteiger partial charge on any atom is 0.237 e. The van der Waals surface area contributed by atoms with Crippen LogP contribution in [0.4, 0.5) is 0 Å². The molecule has 4 heteroatoms. The SMILES string of the molecule is CC(C)N1CC[C@H]1C(=O)NCCO. The monoisotopic (exact) mass is 186 g/mol. The Morgan fingerprint density at radius 3 is 2.77 bits per heavy atom. The van der Waals surface area contributed by atoms with Gasteiger partial charge in [-0.05, 0) is 20.3 Å². The first kappa shape index (κ1) is 10.5. The van der Waals surface area contributed by atoms with E-state index in [1.807, 2.05) is 0 Å². The molecule has 0 bridgehead atoms. The van der Waals surface area contributed by atoms with Gasteiger partial charge in [-0.25, -0.2) is 0 Å². The van der Waals surface area contributed by atoms with Crippen LogP contribution in [0.2, 0.25) is 0 Å². The molecule has 0 aliphatic carbocycles. The molecule has 2 N–H and O–H groups in total. The van der Waals surface area contributed by atoms with Gasteiger partial charge in [0.15, 0.2) is 0 Å². The third-order valence-corrected chi connectivity index (χ3v) is 2.44. The highest BCUT2D eigenvalue weighted by atomic mass is 16.3. The summed E-state index contributed by atoms with van der Waals surface area (Å²) in [6.45, 7) is 5.56. The summed E-state index contributed by atoms with van der Waals surface area (Å²) in [7, 11) is 0. The van der Waals surface area contributed by atoms with E-state index in [4.69, 9.17) is 5.11 Å². The molecule has 1 saturated heterocycles. The van der Waals surface area contributed by atoms with Crippen molar-refractivity contribution in [2.75, 3.05) is 19.7 Å². The highest BCUT2D eigenvalue weighted by molar-refractivity contribution is 5.82. The maximum absolute atomic E-state index is 11.4. The van der Waals surface area contributed by atoms with Crippen LogP contribution < -0.4 is 5.32 Å². The van der Waals surface area contributed by atoms with Crippen molar-refractivity contribution in [2.45, 2.75) is 32.4 Å². The van der Waals surface area contributed by atoms with Crippen LogP contribution in [0.1, 0.15) is 20.3 Å². The van der Waals surface area contributed by atoms with Gasteiger partial charge in [-0.3, -0.25) is 9.69 Å². The molecule has 4 nitrogen and oxygen atoms in total. The van der Waals surface area contributed by atoms with Gasteiger partial charge >= 0.3 is 0 Å². The minimum atomic E-state index is 0.0140. The molecule has 1 heterocycles. The Kier molecular flexibility index (Phi) is 3.69. The van der Waals surface area contributed by atoms with Crippen LogP contribution in [0, 0.1) is 0 Å². The smallest absolute Gasteiger partial charge is 0.237 e. The van der Waals surface area contributed by atoms with Gasteiger partial charge in [0, 0.05) is 19.1 Å². The number of nitrogens with one attached hydrogen (secondary N) is 1. The average Bonchev–Trinajstić information content (AvgIpc) is 1.97. The van der Waals surface area contributed by atoms with Crippen LogP contribution in [-0.2, 0) is 4.79 Å². The van der Waals surface area contributed by atoms with E-state index < -0.39 is 0 Å². The maximum atomic E-state index is 11.4. The molecule has 13 heavy (non-hydrogen) atoms. The summed E-state index contributed by atoms with van der Waals surface area (Å²) in [4.78, 5) is 13.6. The molecule has 1 aliphatic rings. The molecular formula is C9H18N2O2. The van der Waals surface area contributed by atoms with E-state index in [-0.39, 0.29) is 18.6 Å². The lowest BCUT2D eigenvalue weighted by atomic mass is 10.00. The van der Waals surface area contributed by atoms with Crippen molar-refractivity contribution in [1.29, 1.82) is 0 Å². The molecule has 0 unspecified atom stereocenters. The second-order valence-electron chi connectivity index (χ2n) is 3.65. The van der Waals surface area contributed by atoms with Gasteiger partial charge in [-0.2, -0.15) is 0 Å². The molecule has 0 radical (unpaired) electrons. The molecule has 0 spiro atoms. The van der Waals surface area contributed by atoms with Gasteiger partial charge in [0.2, 0.25) is 5.91 Å². The highest BCUT2D eigenvalue weighted by Gasteiger charge is 2.35. The van der Waals surface area contributed by atoms with Crippen molar-refractivity contribution >= 4 is 5.91 Å². The van der Waals surface area contributed by atoms with Gasteiger partial charge in [-0.1, -0.05) is 0 Å². The zero-order valence-corrected chi connectivity index (χ0v) is 8.29. The number of hydrogen-bond acceptors (Lipinski definition) is 3. The normalized spacial score (nSPS) is 22.9. The summed E-state index contributed by atoms with van der Waals surface area (Å²) >= 11 is 0. The quantitative estimate of drug-likeness (QED) is 0.627. The van der Waals surface area contributed by atoms with E-state index >= 15 is 0 Å². The molecule has 0 aromatic rings. The molecule has 1 atom stereocenters. The van der Waals surface area contributed by atoms with Crippen LogP contribution in [0.25, 0.3) is 0 Å². The zero-order valence-electron chi connectivity index (χ0n) is 8.29. The first-order valence-electron chi connectivity index (χ1n) is 4.81. The van der Waals surface area contributed by atoms with Crippen molar-refractivity contribution in [3.05, 3.63) is 0 Å². The average molecular weight is 186 g/mol. The highest BCUT2D eigenvalue weighted by Crippen LogP contribution is 2.20. The fourth-order valence-corrected chi connectivity index (χ4v) is 1.60. The number of amides is 1. The topological polar surface area (TPSA) is 52.6 Å². The third kappa shape index (κ3) is 2.42. The van der Waals surface area contributed by atoms with Gasteiger partial charge in [-0.15, -0.1) is 0 Å². The van der Waals surface area contributed by atoms with E-state index in [1.54, 1.807) is 0 Å². The molecular weight excluding hydrogens is 168 g/mol. The van der Waals surface area contributed by atoms with E-state index in [0.29, 0.717) is 12.6 Å². The number of carbonyl (C=O) groups is 1. The number of aliphatic hydroxyl groups is 1. The van der Waals surface area contributed by atoms with E-state index in [0.717, 1.165) is 13.0 Å². The summed E-state index contributed by atoms with van der Waals surface area (Å²) in [5, 5.41) is 11.2. The predicted octanol–water partition coefficient (Wildman–Crippen LogP) is -0.422. The fourth-order valence-electron chi connectivity index (χ4n) is 1.60. The fraction of sp³-hybridized carbons (Fsp3) is 0.889. The number of nitrogens with zero attached hydrogens (tertiary/aromatic N) is 1. The largest absolute Gasteiger partial charge is 0.395 e. The molecule has 0 aromatic heterocycles. The lowest BCUT2D eigenvalue weighted by Crippen LogP contribution is -2.58. The van der Waals surface area contributed by atoms with Crippen molar-refractivity contribution in [3.63, 3.8) is 0 Å². The lowest BCUT2D eigenvalue weighted by Gasteiger charge is -2.42. The summed E-state index contributed by atoms with van der Waals surface area (Å²) in [5.41, 5.74) is 0. The standard InChI is InChI=1S/C9H18N2O2/c1-7(2)11-5-3-8(11)9(13)10-4-6-12/h7-8,12H,3-6H2,1-2H3,(H,10,13)/t8-/m0/s1. The van der Waals surface area contributed by atoms with Crippen LogP contribution in [0.15, 0.2) is 0 Å². The summed E-state index contributed by atoms with van der Waals surface area (Å²) in [5.74, 6) is 0.0500. The van der Waals surface area contributed by atoms with E-state index in [2.05, 4.69) is 24.1 Å². The Morgan fingerprint density at radius 2 is 2.38 bits per heavy atom. The van der Waals surface area contributed by atoms with Crippen LogP contribution in [0.5, 0.6) is 0 Å². The van der Waals surface area contributed by atoms with E-state index in [9.17, 15) is 4.79 Å². The summed E-state index contributed by atoms with van der Waals surface area (Å²) in [6, 6.07) is 0.463. The molecule has 0 aromatic carbocycles. The summed E-state index contributed by atoms with van der Waals surface area (Å²) < 4.78 is 0. The molecule has 0 saturated carbocycles. The Labute approximate surface area is 78.9 Å². The number of aliphatic hydroxyl groups excluding tert-OH is 1. The third-order valence-electron chi connectivity index (χ3n) is 2.44. The molecule has 1 aliphatic heterocycles. The molecule has 1 amide bonds. The molecule has 1 fully saturated rings. The predicted molar refractivity (Wildman–Crippen MR) is 50.3 cm³/mol. The zero-order chi connectivity index (χ0) is 9.84. The second-order valence-corrected chi connectivity index (χ2v) is 3.65. The number of carbonyl (C=O) groups excluding carboxylic acids is 1. The second kappa shape index (κ2) is 4.58. The number of likely N-dealkylation sites (tertiary alicyclic amines) is 1. The van der Waals surface area contributed by atoms with E-state index in [1.165, 1.54) is 0 Å². The Bertz CT molecular complexity index is 182. The summed E-state index contributed by atoms with van der Waals surface area (Å²) in [6.07, 6.45) is 0.940. The minimum Gasteiger partial charge on any atom is -0.395 e. The van der Waals surface area contributed by atoms with Crippen LogP contribution in [0.3, 0.4) is 0 Å². The van der Waals surface area contributed by atoms with Gasteiger partial charge in [0.25, 0.3) is 0 Å². The van der Waals surface area contributed by atoms with Gasteiger partial charge in [0.1, 0.15) is 0 Å². The Hall–Kier alpha value is -0.610. The Morgan fingerprint density at radius 1 is 1.69 bits per heavy atom. The van der Waals surface area contributed by atoms with Gasteiger partial charge < -0.3 is 10.4 Å². The molecule has 76 valence electrons. The minimum absolute atomic E-state index is 0.0140. The van der Waals surface area contributed by atoms with Crippen LogP contribution in [-0.4, -0.2) is 47.7 Å². The van der Waals surface area contributed by atoms with Crippen LogP contribution >= 0.6 is 0 Å². The van der Waals surface area contributed by atoms with Crippen molar-refractivity contribution in [2.24, 2.45) is 0 Å². The first-order valence-corrected chi connectivity index (χ1v) is 4.81. The first-order chi connectivity index (χ1) is 6.16. The van der Waals surface area contributed by atoms with Crippen molar-refractivity contribution < 1.29 is 9.90 Å². The molecule has 1 rings (SSSR count). The Balaban J connectivity index is 2.31. The van der Waals surface area contributed by atoms with Crippen molar-refractivity contribution in [3.8, 4) is 0 Å². The number of rotatable bonds is 4. The van der Waals surface area contributed by atoms with Crippen molar-refractivity contribution in [1.82, 2.24) is 10.2 Å².